The topological polar surface area (TPSA) is 84.5 Å². The van der Waals surface area contributed by atoms with Crippen molar-refractivity contribution >= 4 is 21.7 Å². The predicted octanol–water partition coefficient (Wildman–Crippen LogP) is 3.60. The Kier molecular flexibility index (Phi) is 6.64. The van der Waals surface area contributed by atoms with Gasteiger partial charge >= 0.3 is 5.97 Å². The van der Waals surface area contributed by atoms with Crippen molar-refractivity contribution in [2.24, 2.45) is 0 Å². The summed E-state index contributed by atoms with van der Waals surface area (Å²) in [5, 5.41) is 3.32. The zero-order valence-corrected chi connectivity index (χ0v) is 16.7. The van der Waals surface area contributed by atoms with Crippen molar-refractivity contribution < 1.29 is 17.9 Å². The monoisotopic (exact) mass is 410 g/mol. The Morgan fingerprint density at radius 2 is 1.48 bits per heavy atom. The van der Waals surface area contributed by atoms with Crippen molar-refractivity contribution in [3.8, 4) is 0 Å². The second-order valence-corrected chi connectivity index (χ2v) is 8.11. The average Bonchev–Trinajstić information content (AvgIpc) is 2.77. The van der Waals surface area contributed by atoms with E-state index in [0.717, 1.165) is 11.3 Å². The summed E-state index contributed by atoms with van der Waals surface area (Å²) < 4.78 is 32.5. The maximum atomic E-state index is 12.6. The summed E-state index contributed by atoms with van der Waals surface area (Å²) >= 11 is 0. The molecule has 3 rings (SSSR count). The van der Waals surface area contributed by atoms with Crippen LogP contribution in [0.1, 0.15) is 22.0 Å². The summed E-state index contributed by atoms with van der Waals surface area (Å²) in [6.07, 6.45) is 0. The minimum atomic E-state index is -3.63. The van der Waals surface area contributed by atoms with Gasteiger partial charge in [0.25, 0.3) is 0 Å². The minimum Gasteiger partial charge on any atom is -0.465 e. The van der Waals surface area contributed by atoms with Crippen molar-refractivity contribution in [1.82, 2.24) is 4.72 Å². The fraction of sp³-hybridized carbons (Fsp3) is 0.136. The number of esters is 1. The predicted molar refractivity (Wildman–Crippen MR) is 112 cm³/mol. The van der Waals surface area contributed by atoms with Crippen LogP contribution in [0.15, 0.2) is 89.8 Å². The van der Waals surface area contributed by atoms with E-state index in [1.165, 1.54) is 7.11 Å². The van der Waals surface area contributed by atoms with Crippen LogP contribution >= 0.6 is 0 Å². The highest BCUT2D eigenvalue weighted by Gasteiger charge is 2.18. The summed E-state index contributed by atoms with van der Waals surface area (Å²) in [5.74, 6) is -0.410. The molecule has 0 spiro atoms. The number of rotatable bonds is 8. The number of carbonyl (C=O) groups is 1. The number of ether oxygens (including phenoxy) is 1. The van der Waals surface area contributed by atoms with Gasteiger partial charge in [0.2, 0.25) is 10.0 Å². The molecule has 0 radical (unpaired) electrons. The molecule has 3 aromatic rings. The van der Waals surface area contributed by atoms with E-state index >= 15 is 0 Å². The van der Waals surface area contributed by atoms with E-state index < -0.39 is 16.0 Å². The number of nitrogens with one attached hydrogen (secondary N) is 2. The van der Waals surface area contributed by atoms with Gasteiger partial charge in [-0.25, -0.2) is 17.9 Å². The van der Waals surface area contributed by atoms with Crippen LogP contribution in [0.3, 0.4) is 0 Å². The summed E-state index contributed by atoms with van der Waals surface area (Å²) in [4.78, 5) is 11.8. The molecular weight excluding hydrogens is 388 g/mol. The van der Waals surface area contributed by atoms with Gasteiger partial charge in [-0.2, -0.15) is 0 Å². The van der Waals surface area contributed by atoms with Gasteiger partial charge in [0.05, 0.1) is 23.6 Å². The van der Waals surface area contributed by atoms with Gasteiger partial charge in [-0.3, -0.25) is 0 Å². The van der Waals surface area contributed by atoms with Gasteiger partial charge in [0.15, 0.2) is 0 Å². The molecule has 0 amide bonds. The van der Waals surface area contributed by atoms with Crippen LogP contribution < -0.4 is 10.0 Å². The number of hydrogen-bond acceptors (Lipinski definition) is 5. The fourth-order valence-electron chi connectivity index (χ4n) is 2.84. The minimum absolute atomic E-state index is 0.153. The molecule has 0 fully saturated rings. The number of anilines is 1. The first kappa shape index (κ1) is 20.6. The van der Waals surface area contributed by atoms with Crippen LogP contribution in [0.2, 0.25) is 0 Å². The highest BCUT2D eigenvalue weighted by molar-refractivity contribution is 7.89. The molecule has 0 aliphatic rings. The molecule has 3 aromatic carbocycles. The first-order valence-electron chi connectivity index (χ1n) is 9.04. The smallest absolute Gasteiger partial charge is 0.337 e. The lowest BCUT2D eigenvalue weighted by atomic mass is 10.1. The lowest BCUT2D eigenvalue weighted by Gasteiger charge is -2.21. The molecule has 29 heavy (non-hydrogen) atoms. The highest BCUT2D eigenvalue weighted by Crippen LogP contribution is 2.21. The molecular formula is C22H22N2O4S. The molecule has 7 heteroatoms. The Balaban J connectivity index is 1.78. The molecule has 0 aromatic heterocycles. The number of hydrogen-bond donors (Lipinski definition) is 2. The van der Waals surface area contributed by atoms with Crippen molar-refractivity contribution in [3.63, 3.8) is 0 Å². The number of sulfonamides is 1. The second-order valence-electron chi connectivity index (χ2n) is 6.34. The quantitative estimate of drug-likeness (QED) is 0.554. The van der Waals surface area contributed by atoms with E-state index in [1.807, 2.05) is 30.3 Å². The molecule has 0 aliphatic heterocycles. The summed E-state index contributed by atoms with van der Waals surface area (Å²) in [6, 6.07) is 24.3. The molecule has 0 heterocycles. The number of methoxy groups -OCH3 is 1. The molecule has 0 aliphatic carbocycles. The zero-order valence-electron chi connectivity index (χ0n) is 15.9. The van der Waals surface area contributed by atoms with E-state index in [2.05, 4.69) is 10.0 Å². The van der Waals surface area contributed by atoms with Crippen LogP contribution in [0.5, 0.6) is 0 Å². The van der Waals surface area contributed by atoms with Crippen LogP contribution in [0.25, 0.3) is 0 Å². The lowest BCUT2D eigenvalue weighted by Crippen LogP contribution is -2.31. The van der Waals surface area contributed by atoms with Gasteiger partial charge in [-0.15, -0.1) is 0 Å². The first-order chi connectivity index (χ1) is 14.0. The average molecular weight is 410 g/mol. The normalized spacial score (nSPS) is 12.2. The zero-order chi connectivity index (χ0) is 20.7. The van der Waals surface area contributed by atoms with E-state index in [-0.39, 0.29) is 17.5 Å². The van der Waals surface area contributed by atoms with E-state index in [0.29, 0.717) is 5.56 Å². The van der Waals surface area contributed by atoms with Crippen LogP contribution in [-0.4, -0.2) is 28.0 Å². The van der Waals surface area contributed by atoms with Gasteiger partial charge in [0.1, 0.15) is 0 Å². The van der Waals surface area contributed by atoms with E-state index in [4.69, 9.17) is 4.74 Å². The van der Waals surface area contributed by atoms with Crippen molar-refractivity contribution in [2.45, 2.75) is 10.9 Å². The van der Waals surface area contributed by atoms with E-state index in [1.54, 1.807) is 54.6 Å². The van der Waals surface area contributed by atoms with Crippen LogP contribution in [-0.2, 0) is 14.8 Å². The lowest BCUT2D eigenvalue weighted by molar-refractivity contribution is 0.0600. The largest absolute Gasteiger partial charge is 0.465 e. The third-order valence-corrected chi connectivity index (χ3v) is 5.82. The molecule has 1 unspecified atom stereocenters. The Morgan fingerprint density at radius 3 is 2.07 bits per heavy atom. The molecule has 150 valence electrons. The van der Waals surface area contributed by atoms with Gasteiger partial charge in [-0.05, 0) is 42.0 Å². The summed E-state index contributed by atoms with van der Waals surface area (Å²) in [7, 11) is -2.30. The Bertz CT molecular complexity index is 1040. The maximum absolute atomic E-state index is 12.6. The number of benzene rings is 3. The fourth-order valence-corrected chi connectivity index (χ4v) is 3.90. The standard InChI is InChI=1S/C22H22N2O4S/c1-28-22(25)18-12-14-19(15-13-18)24-21(17-8-4-2-5-9-17)16-23-29(26,27)20-10-6-3-7-11-20/h2-15,21,23-24H,16H2,1H3. The Labute approximate surface area is 170 Å². The summed E-state index contributed by atoms with van der Waals surface area (Å²) in [6.45, 7) is 0.153. The third kappa shape index (κ3) is 5.43. The third-order valence-electron chi connectivity index (χ3n) is 4.38. The van der Waals surface area contributed by atoms with Crippen molar-refractivity contribution in [3.05, 3.63) is 96.1 Å². The Morgan fingerprint density at radius 1 is 0.897 bits per heavy atom. The Hall–Kier alpha value is -3.16. The highest BCUT2D eigenvalue weighted by atomic mass is 32.2. The van der Waals surface area contributed by atoms with Gasteiger partial charge < -0.3 is 10.1 Å². The van der Waals surface area contributed by atoms with Crippen LogP contribution in [0.4, 0.5) is 5.69 Å². The molecule has 0 saturated carbocycles. The SMILES string of the molecule is COC(=O)c1ccc(NC(CNS(=O)(=O)c2ccccc2)c2ccccc2)cc1. The van der Waals surface area contributed by atoms with Crippen molar-refractivity contribution in [1.29, 1.82) is 0 Å². The van der Waals surface area contributed by atoms with Gasteiger partial charge in [-0.1, -0.05) is 48.5 Å². The molecule has 0 saturated heterocycles. The van der Waals surface area contributed by atoms with Crippen LogP contribution in [0, 0.1) is 0 Å². The second kappa shape index (κ2) is 9.36. The summed E-state index contributed by atoms with van der Waals surface area (Å²) in [5.41, 5.74) is 2.13. The molecule has 0 bridgehead atoms. The molecule has 1 atom stereocenters. The molecule has 6 nitrogen and oxygen atoms in total. The molecule has 2 N–H and O–H groups in total. The maximum Gasteiger partial charge on any atom is 0.337 e. The van der Waals surface area contributed by atoms with Gasteiger partial charge in [0, 0.05) is 12.2 Å². The first-order valence-corrected chi connectivity index (χ1v) is 10.5. The number of carbonyl (C=O) groups excluding carboxylic acids is 1. The van der Waals surface area contributed by atoms with E-state index in [9.17, 15) is 13.2 Å². The van der Waals surface area contributed by atoms with Crippen molar-refractivity contribution in [2.75, 3.05) is 19.0 Å².